The summed E-state index contributed by atoms with van der Waals surface area (Å²) in [5.41, 5.74) is 2.10. The SMILES string of the molecule is O=C(CSc1nnc2ccccn12)NCCSCc1ccccc1. The van der Waals surface area contributed by atoms with E-state index in [1.54, 1.807) is 0 Å². The molecule has 5 nitrogen and oxygen atoms in total. The zero-order valence-corrected chi connectivity index (χ0v) is 14.7. The monoisotopic (exact) mass is 358 g/mol. The van der Waals surface area contributed by atoms with E-state index in [0.717, 1.165) is 22.3 Å². The third-order valence-corrected chi connectivity index (χ3v) is 5.27. The predicted molar refractivity (Wildman–Crippen MR) is 99.3 cm³/mol. The first-order chi connectivity index (χ1) is 11.8. The van der Waals surface area contributed by atoms with Gasteiger partial charge >= 0.3 is 0 Å². The second-order valence-electron chi connectivity index (χ2n) is 5.09. The van der Waals surface area contributed by atoms with Crippen molar-refractivity contribution >= 4 is 35.1 Å². The molecule has 0 spiro atoms. The minimum atomic E-state index is 0.0213. The van der Waals surface area contributed by atoms with E-state index < -0.39 is 0 Å². The predicted octanol–water partition coefficient (Wildman–Crippen LogP) is 2.87. The zero-order chi connectivity index (χ0) is 16.6. The Bertz CT molecular complexity index is 791. The van der Waals surface area contributed by atoms with E-state index in [1.807, 2.05) is 58.8 Å². The molecule has 3 rings (SSSR count). The van der Waals surface area contributed by atoms with Gasteiger partial charge in [-0.05, 0) is 17.7 Å². The number of carbonyl (C=O) groups excluding carboxylic acids is 1. The Morgan fingerprint density at radius 1 is 1.08 bits per heavy atom. The highest BCUT2D eigenvalue weighted by Crippen LogP contribution is 2.16. The summed E-state index contributed by atoms with van der Waals surface area (Å²) in [5.74, 6) is 2.24. The topological polar surface area (TPSA) is 59.3 Å². The van der Waals surface area contributed by atoms with Crippen LogP contribution in [-0.4, -0.2) is 38.6 Å². The summed E-state index contributed by atoms with van der Waals surface area (Å²) >= 11 is 3.21. The van der Waals surface area contributed by atoms with Crippen LogP contribution in [0.2, 0.25) is 0 Å². The van der Waals surface area contributed by atoms with Crippen LogP contribution in [-0.2, 0) is 10.5 Å². The van der Waals surface area contributed by atoms with E-state index in [4.69, 9.17) is 0 Å². The molecule has 0 fully saturated rings. The van der Waals surface area contributed by atoms with Crippen molar-refractivity contribution in [3.8, 4) is 0 Å². The van der Waals surface area contributed by atoms with Crippen molar-refractivity contribution in [3.05, 3.63) is 60.3 Å². The van der Waals surface area contributed by atoms with Crippen molar-refractivity contribution in [2.75, 3.05) is 18.1 Å². The van der Waals surface area contributed by atoms with Gasteiger partial charge in [0.2, 0.25) is 5.91 Å². The highest BCUT2D eigenvalue weighted by molar-refractivity contribution is 7.99. The van der Waals surface area contributed by atoms with E-state index in [0.29, 0.717) is 12.3 Å². The van der Waals surface area contributed by atoms with Gasteiger partial charge in [-0.25, -0.2) is 0 Å². The Labute approximate surface area is 149 Å². The number of benzene rings is 1. The number of nitrogens with zero attached hydrogens (tertiary/aromatic N) is 3. The fourth-order valence-corrected chi connectivity index (χ4v) is 3.70. The average molecular weight is 358 g/mol. The molecule has 7 heteroatoms. The van der Waals surface area contributed by atoms with Gasteiger partial charge in [0, 0.05) is 24.2 Å². The largest absolute Gasteiger partial charge is 0.355 e. The van der Waals surface area contributed by atoms with Gasteiger partial charge in [0.05, 0.1) is 5.75 Å². The standard InChI is InChI=1S/C17H18N4OS2/c22-16(18-9-11-23-12-14-6-2-1-3-7-14)13-24-17-20-19-15-8-4-5-10-21(15)17/h1-8,10H,9,11-13H2,(H,18,22). The summed E-state index contributed by atoms with van der Waals surface area (Å²) in [6.07, 6.45) is 1.90. The molecule has 0 aliphatic carbocycles. The summed E-state index contributed by atoms with van der Waals surface area (Å²) in [6.45, 7) is 0.678. The van der Waals surface area contributed by atoms with Crippen LogP contribution in [0.4, 0.5) is 0 Å². The number of hydrogen-bond acceptors (Lipinski definition) is 5. The van der Waals surface area contributed by atoms with Crippen LogP contribution >= 0.6 is 23.5 Å². The van der Waals surface area contributed by atoms with Crippen LogP contribution < -0.4 is 5.32 Å². The molecule has 1 N–H and O–H groups in total. The number of pyridine rings is 1. The number of hydrogen-bond donors (Lipinski definition) is 1. The lowest BCUT2D eigenvalue weighted by atomic mass is 10.2. The number of carbonyl (C=O) groups is 1. The molecule has 0 aliphatic heterocycles. The second-order valence-corrected chi connectivity index (χ2v) is 7.14. The van der Waals surface area contributed by atoms with Crippen LogP contribution in [0.5, 0.6) is 0 Å². The normalized spacial score (nSPS) is 10.8. The zero-order valence-electron chi connectivity index (χ0n) is 13.1. The third-order valence-electron chi connectivity index (χ3n) is 3.29. The number of thioether (sulfide) groups is 2. The number of fused-ring (bicyclic) bond motifs is 1. The van der Waals surface area contributed by atoms with Crippen molar-refractivity contribution < 1.29 is 4.79 Å². The Balaban J connectivity index is 1.34. The van der Waals surface area contributed by atoms with Gasteiger partial charge in [-0.1, -0.05) is 48.2 Å². The van der Waals surface area contributed by atoms with Gasteiger partial charge < -0.3 is 5.32 Å². The molecule has 0 bridgehead atoms. The van der Waals surface area contributed by atoms with E-state index in [-0.39, 0.29) is 5.91 Å². The molecule has 0 aliphatic rings. The number of nitrogens with one attached hydrogen (secondary N) is 1. The Morgan fingerprint density at radius 2 is 1.92 bits per heavy atom. The van der Waals surface area contributed by atoms with Crippen molar-refractivity contribution in [1.29, 1.82) is 0 Å². The summed E-state index contributed by atoms with van der Waals surface area (Å²) in [6, 6.07) is 16.1. The molecule has 0 saturated heterocycles. The highest BCUT2D eigenvalue weighted by atomic mass is 32.2. The molecule has 124 valence electrons. The van der Waals surface area contributed by atoms with Crippen LogP contribution in [0.25, 0.3) is 5.65 Å². The molecule has 0 saturated carbocycles. The molecule has 2 aromatic heterocycles. The molecule has 0 atom stereocenters. The van der Waals surface area contributed by atoms with Gasteiger partial charge in [-0.15, -0.1) is 10.2 Å². The van der Waals surface area contributed by atoms with Gasteiger partial charge in [-0.2, -0.15) is 11.8 Å². The van der Waals surface area contributed by atoms with Gasteiger partial charge in [0.15, 0.2) is 10.8 Å². The van der Waals surface area contributed by atoms with Crippen LogP contribution in [0.1, 0.15) is 5.56 Å². The fraction of sp³-hybridized carbons (Fsp3) is 0.235. The summed E-state index contributed by atoms with van der Waals surface area (Å²) in [5, 5.41) is 11.8. The minimum absolute atomic E-state index is 0.0213. The lowest BCUT2D eigenvalue weighted by molar-refractivity contribution is -0.118. The first kappa shape index (κ1) is 16.9. The van der Waals surface area contributed by atoms with Crippen LogP contribution in [0, 0.1) is 0 Å². The fourth-order valence-electron chi connectivity index (χ4n) is 2.13. The molecule has 1 amide bonds. The molecule has 2 heterocycles. The minimum Gasteiger partial charge on any atom is -0.355 e. The smallest absolute Gasteiger partial charge is 0.230 e. The molecular weight excluding hydrogens is 340 g/mol. The van der Waals surface area contributed by atoms with E-state index in [1.165, 1.54) is 17.3 Å². The number of rotatable bonds is 8. The first-order valence-electron chi connectivity index (χ1n) is 7.64. The third kappa shape index (κ3) is 4.75. The quantitative estimate of drug-likeness (QED) is 0.496. The maximum atomic E-state index is 11.9. The van der Waals surface area contributed by atoms with E-state index in [2.05, 4.69) is 27.6 Å². The maximum absolute atomic E-state index is 11.9. The van der Waals surface area contributed by atoms with Crippen molar-refractivity contribution in [2.45, 2.75) is 10.9 Å². The maximum Gasteiger partial charge on any atom is 0.230 e. The second kappa shape index (κ2) is 8.75. The number of amides is 1. The lowest BCUT2D eigenvalue weighted by Gasteiger charge is -2.05. The highest BCUT2D eigenvalue weighted by Gasteiger charge is 2.08. The average Bonchev–Trinajstić information content (AvgIpc) is 3.04. The van der Waals surface area contributed by atoms with Crippen molar-refractivity contribution in [2.24, 2.45) is 0 Å². The molecule has 0 unspecified atom stereocenters. The van der Waals surface area contributed by atoms with E-state index >= 15 is 0 Å². The molecular formula is C17H18N4OS2. The van der Waals surface area contributed by atoms with Crippen LogP contribution in [0.3, 0.4) is 0 Å². The van der Waals surface area contributed by atoms with Crippen LogP contribution in [0.15, 0.2) is 59.9 Å². The van der Waals surface area contributed by atoms with Crippen molar-refractivity contribution in [3.63, 3.8) is 0 Å². The molecule has 1 aromatic carbocycles. The molecule has 24 heavy (non-hydrogen) atoms. The van der Waals surface area contributed by atoms with E-state index in [9.17, 15) is 4.79 Å². The van der Waals surface area contributed by atoms with Gasteiger partial charge in [0.1, 0.15) is 0 Å². The van der Waals surface area contributed by atoms with Gasteiger partial charge in [0.25, 0.3) is 0 Å². The van der Waals surface area contributed by atoms with Crippen molar-refractivity contribution in [1.82, 2.24) is 19.9 Å². The Morgan fingerprint density at radius 3 is 2.79 bits per heavy atom. The lowest BCUT2D eigenvalue weighted by Crippen LogP contribution is -2.27. The van der Waals surface area contributed by atoms with Gasteiger partial charge in [-0.3, -0.25) is 9.20 Å². The summed E-state index contributed by atoms with van der Waals surface area (Å²) < 4.78 is 1.88. The summed E-state index contributed by atoms with van der Waals surface area (Å²) in [4.78, 5) is 11.9. The Kier molecular flexibility index (Phi) is 6.14. The molecule has 3 aromatic rings. The number of aromatic nitrogens is 3. The Hall–Kier alpha value is -1.99. The summed E-state index contributed by atoms with van der Waals surface area (Å²) in [7, 11) is 0. The molecule has 0 radical (unpaired) electrons. The first-order valence-corrected chi connectivity index (χ1v) is 9.78.